The van der Waals surface area contributed by atoms with Crippen LogP contribution in [0.1, 0.15) is 42.5 Å². The predicted octanol–water partition coefficient (Wildman–Crippen LogP) is 6.36. The molecule has 10 heteroatoms. The van der Waals surface area contributed by atoms with E-state index in [-0.39, 0.29) is 24.9 Å². The number of amides is 2. The number of para-hydroxylation sites is 1. The maximum atomic E-state index is 13.3. The standard InChI is InChI=1S/C24H24F6N2O2/c1-5-22(12-32(20(33)15(22)4)19-13(2)7-6-8-14(19)3)21(34)31-18-10-16(23(25,26)27)9-17(11-18)24(28,29)30/h6-11,15H,5,12H2,1-4H3,(H,31,34)/t15-,22+/m0/s1. The van der Waals surface area contributed by atoms with Gasteiger partial charge in [-0.15, -0.1) is 0 Å². The van der Waals surface area contributed by atoms with Gasteiger partial charge >= 0.3 is 12.4 Å². The molecule has 3 rings (SSSR count). The number of nitrogens with one attached hydrogen (secondary N) is 1. The van der Waals surface area contributed by atoms with Crippen molar-refractivity contribution in [2.24, 2.45) is 11.3 Å². The van der Waals surface area contributed by atoms with Crippen LogP contribution in [-0.4, -0.2) is 18.4 Å². The molecule has 0 aromatic heterocycles. The van der Waals surface area contributed by atoms with E-state index in [0.29, 0.717) is 17.8 Å². The molecule has 1 aliphatic rings. The van der Waals surface area contributed by atoms with Gasteiger partial charge in [0, 0.05) is 17.9 Å². The van der Waals surface area contributed by atoms with Crippen molar-refractivity contribution in [3.05, 3.63) is 58.7 Å². The van der Waals surface area contributed by atoms with Gasteiger partial charge in [-0.05, 0) is 49.6 Å². The number of carbonyl (C=O) groups is 2. The number of anilines is 2. The van der Waals surface area contributed by atoms with E-state index in [0.717, 1.165) is 11.1 Å². The Labute approximate surface area is 192 Å². The Morgan fingerprint density at radius 2 is 1.53 bits per heavy atom. The van der Waals surface area contributed by atoms with Gasteiger partial charge in [0.1, 0.15) is 0 Å². The van der Waals surface area contributed by atoms with Gasteiger partial charge < -0.3 is 10.2 Å². The lowest BCUT2D eigenvalue weighted by molar-refractivity contribution is -0.143. The van der Waals surface area contributed by atoms with Gasteiger partial charge in [-0.25, -0.2) is 0 Å². The summed E-state index contributed by atoms with van der Waals surface area (Å²) in [6.07, 6.45) is -9.93. The molecule has 1 N–H and O–H groups in total. The molecule has 1 heterocycles. The van der Waals surface area contributed by atoms with E-state index < -0.39 is 46.4 Å². The number of hydrogen-bond donors (Lipinski definition) is 1. The second kappa shape index (κ2) is 8.63. The Hall–Kier alpha value is -3.04. The summed E-state index contributed by atoms with van der Waals surface area (Å²) in [5.41, 5.74) is -2.79. The van der Waals surface area contributed by atoms with Crippen molar-refractivity contribution in [3.63, 3.8) is 0 Å². The maximum Gasteiger partial charge on any atom is 0.416 e. The van der Waals surface area contributed by atoms with Crippen molar-refractivity contribution in [2.45, 2.75) is 46.5 Å². The second-order valence-electron chi connectivity index (χ2n) is 8.64. The highest BCUT2D eigenvalue weighted by molar-refractivity contribution is 6.07. The smallest absolute Gasteiger partial charge is 0.326 e. The first kappa shape index (κ1) is 25.6. The van der Waals surface area contributed by atoms with Crippen molar-refractivity contribution < 1.29 is 35.9 Å². The van der Waals surface area contributed by atoms with Gasteiger partial charge in [0.25, 0.3) is 0 Å². The Morgan fingerprint density at radius 1 is 1.03 bits per heavy atom. The summed E-state index contributed by atoms with van der Waals surface area (Å²) >= 11 is 0. The van der Waals surface area contributed by atoms with Gasteiger partial charge in [0.05, 0.1) is 22.5 Å². The van der Waals surface area contributed by atoms with Crippen LogP contribution in [0.15, 0.2) is 36.4 Å². The topological polar surface area (TPSA) is 49.4 Å². The third-order valence-corrected chi connectivity index (χ3v) is 6.54. The third-order valence-electron chi connectivity index (χ3n) is 6.54. The summed E-state index contributed by atoms with van der Waals surface area (Å²) in [5, 5.41) is 2.24. The molecule has 4 nitrogen and oxygen atoms in total. The molecule has 2 amide bonds. The van der Waals surface area contributed by atoms with Crippen LogP contribution in [0.5, 0.6) is 0 Å². The normalized spacial score (nSPS) is 21.2. The van der Waals surface area contributed by atoms with Crippen LogP contribution in [0, 0.1) is 25.2 Å². The molecule has 0 aliphatic carbocycles. The SMILES string of the molecule is CC[C@@]1(C(=O)Nc2cc(C(F)(F)F)cc(C(F)(F)F)c2)CN(c2c(C)cccc2C)C(=O)[C@@H]1C. The summed E-state index contributed by atoms with van der Waals surface area (Å²) in [6.45, 7) is 6.78. The third kappa shape index (κ3) is 4.50. The first-order valence-electron chi connectivity index (χ1n) is 10.6. The van der Waals surface area contributed by atoms with E-state index in [4.69, 9.17) is 0 Å². The molecule has 0 unspecified atom stereocenters. The first-order valence-corrected chi connectivity index (χ1v) is 10.6. The zero-order valence-corrected chi connectivity index (χ0v) is 19.0. The number of carbonyl (C=O) groups excluding carboxylic acids is 2. The van der Waals surface area contributed by atoms with Crippen LogP contribution >= 0.6 is 0 Å². The lowest BCUT2D eigenvalue weighted by Crippen LogP contribution is -2.42. The molecular weight excluding hydrogens is 462 g/mol. The van der Waals surface area contributed by atoms with Gasteiger partial charge in [-0.2, -0.15) is 26.3 Å². The summed E-state index contributed by atoms with van der Waals surface area (Å²) in [6, 6.07) is 6.36. The summed E-state index contributed by atoms with van der Waals surface area (Å²) in [5.74, 6) is -1.99. The van der Waals surface area contributed by atoms with E-state index >= 15 is 0 Å². The monoisotopic (exact) mass is 486 g/mol. The lowest BCUT2D eigenvalue weighted by Gasteiger charge is -2.30. The van der Waals surface area contributed by atoms with Crippen LogP contribution in [0.2, 0.25) is 0 Å². The number of alkyl halides is 6. The number of halogens is 6. The molecule has 2 aromatic carbocycles. The quantitative estimate of drug-likeness (QED) is 0.512. The minimum atomic E-state index is -5.04. The number of aryl methyl sites for hydroxylation is 2. The molecule has 0 radical (unpaired) electrons. The molecule has 1 aliphatic heterocycles. The van der Waals surface area contributed by atoms with Crippen LogP contribution < -0.4 is 10.2 Å². The molecular formula is C24H24F6N2O2. The number of hydrogen-bond acceptors (Lipinski definition) is 2. The maximum absolute atomic E-state index is 13.3. The summed E-state index contributed by atoms with van der Waals surface area (Å²) < 4.78 is 79.3. The minimum Gasteiger partial charge on any atom is -0.326 e. The van der Waals surface area contributed by atoms with Crippen molar-refractivity contribution >= 4 is 23.2 Å². The van der Waals surface area contributed by atoms with Gasteiger partial charge in [0.15, 0.2) is 0 Å². The lowest BCUT2D eigenvalue weighted by atomic mass is 9.75. The Balaban J connectivity index is 2.01. The van der Waals surface area contributed by atoms with Crippen molar-refractivity contribution in [3.8, 4) is 0 Å². The minimum absolute atomic E-state index is 0.00431. The number of nitrogens with zero attached hydrogens (tertiary/aromatic N) is 1. The number of benzene rings is 2. The fraction of sp³-hybridized carbons (Fsp3) is 0.417. The van der Waals surface area contributed by atoms with E-state index in [1.54, 1.807) is 13.8 Å². The van der Waals surface area contributed by atoms with E-state index in [1.807, 2.05) is 32.0 Å². The molecule has 184 valence electrons. The zero-order valence-electron chi connectivity index (χ0n) is 19.0. The van der Waals surface area contributed by atoms with Crippen molar-refractivity contribution in [1.82, 2.24) is 0 Å². The van der Waals surface area contributed by atoms with Crippen molar-refractivity contribution in [1.29, 1.82) is 0 Å². The molecule has 0 saturated carbocycles. The van der Waals surface area contributed by atoms with E-state index in [9.17, 15) is 35.9 Å². The highest BCUT2D eigenvalue weighted by Crippen LogP contribution is 2.45. The van der Waals surface area contributed by atoms with Crippen molar-refractivity contribution in [2.75, 3.05) is 16.8 Å². The van der Waals surface area contributed by atoms with Gasteiger partial charge in [-0.1, -0.05) is 32.0 Å². The highest BCUT2D eigenvalue weighted by atomic mass is 19.4. The molecule has 2 aromatic rings. The molecule has 1 saturated heterocycles. The molecule has 0 spiro atoms. The fourth-order valence-corrected chi connectivity index (χ4v) is 4.52. The van der Waals surface area contributed by atoms with Crippen LogP contribution in [0.4, 0.5) is 37.7 Å². The van der Waals surface area contributed by atoms with Gasteiger partial charge in [0.2, 0.25) is 11.8 Å². The van der Waals surface area contributed by atoms with Crippen LogP contribution in [-0.2, 0) is 21.9 Å². The average Bonchev–Trinajstić information content (AvgIpc) is 2.98. The summed E-state index contributed by atoms with van der Waals surface area (Å²) in [4.78, 5) is 28.0. The van der Waals surface area contributed by atoms with Crippen LogP contribution in [0.3, 0.4) is 0 Å². The predicted molar refractivity (Wildman–Crippen MR) is 115 cm³/mol. The van der Waals surface area contributed by atoms with Crippen LogP contribution in [0.25, 0.3) is 0 Å². The average molecular weight is 486 g/mol. The molecule has 34 heavy (non-hydrogen) atoms. The first-order chi connectivity index (χ1) is 15.6. The van der Waals surface area contributed by atoms with E-state index in [1.165, 1.54) is 4.90 Å². The second-order valence-corrected chi connectivity index (χ2v) is 8.64. The molecule has 2 atom stereocenters. The number of rotatable bonds is 4. The fourth-order valence-electron chi connectivity index (χ4n) is 4.52. The molecule has 0 bridgehead atoms. The van der Waals surface area contributed by atoms with Gasteiger partial charge in [-0.3, -0.25) is 9.59 Å². The highest BCUT2D eigenvalue weighted by Gasteiger charge is 2.54. The zero-order chi connectivity index (χ0) is 25.6. The Kier molecular flexibility index (Phi) is 6.49. The Morgan fingerprint density at radius 3 is 1.97 bits per heavy atom. The largest absolute Gasteiger partial charge is 0.416 e. The Bertz CT molecular complexity index is 1070. The summed E-state index contributed by atoms with van der Waals surface area (Å²) in [7, 11) is 0. The van der Waals surface area contributed by atoms with E-state index in [2.05, 4.69) is 5.32 Å². The molecule has 1 fully saturated rings.